The molecule has 0 heterocycles. The van der Waals surface area contributed by atoms with Crippen LogP contribution in [0.5, 0.6) is 0 Å². The minimum Gasteiger partial charge on any atom is -0.378 e. The summed E-state index contributed by atoms with van der Waals surface area (Å²) in [6, 6.07) is 12.7. The van der Waals surface area contributed by atoms with Gasteiger partial charge in [-0.15, -0.1) is 0 Å². The number of benzene rings is 2. The molecule has 0 aliphatic heterocycles. The van der Waals surface area contributed by atoms with Gasteiger partial charge >= 0.3 is 0 Å². The monoisotopic (exact) mass is 341 g/mol. The predicted molar refractivity (Wildman–Crippen MR) is 82.2 cm³/mol. The molecule has 2 aromatic rings. The van der Waals surface area contributed by atoms with E-state index in [1.54, 1.807) is 6.07 Å². The highest BCUT2D eigenvalue weighted by Gasteiger charge is 2.10. The van der Waals surface area contributed by atoms with Crippen LogP contribution in [0.2, 0.25) is 5.02 Å². The lowest BCUT2D eigenvalue weighted by Crippen LogP contribution is -2.09. The smallest absolute Gasteiger partial charge is 0.126 e. The van der Waals surface area contributed by atoms with Crippen LogP contribution in [0.25, 0.3) is 0 Å². The lowest BCUT2D eigenvalue weighted by Gasteiger charge is -2.19. The van der Waals surface area contributed by atoms with E-state index >= 15 is 0 Å². The van der Waals surface area contributed by atoms with Crippen LogP contribution in [0.1, 0.15) is 24.9 Å². The second kappa shape index (κ2) is 6.40. The summed E-state index contributed by atoms with van der Waals surface area (Å²) in [4.78, 5) is 0. The van der Waals surface area contributed by atoms with Gasteiger partial charge in [0.2, 0.25) is 0 Å². The Morgan fingerprint density at radius 3 is 2.68 bits per heavy atom. The van der Waals surface area contributed by atoms with E-state index in [-0.39, 0.29) is 11.9 Å². The summed E-state index contributed by atoms with van der Waals surface area (Å²) in [5, 5.41) is 3.70. The van der Waals surface area contributed by atoms with Crippen LogP contribution < -0.4 is 5.32 Å². The first-order valence-corrected chi connectivity index (χ1v) is 7.23. The molecule has 100 valence electrons. The molecule has 19 heavy (non-hydrogen) atoms. The van der Waals surface area contributed by atoms with Crippen LogP contribution in [-0.4, -0.2) is 0 Å². The van der Waals surface area contributed by atoms with Gasteiger partial charge in [0, 0.05) is 15.2 Å². The summed E-state index contributed by atoms with van der Waals surface area (Å²) < 4.78 is 14.3. The van der Waals surface area contributed by atoms with Crippen LogP contribution >= 0.6 is 27.5 Å². The Hall–Kier alpha value is -1.06. The normalized spacial score (nSPS) is 12.2. The number of rotatable bonds is 4. The van der Waals surface area contributed by atoms with E-state index in [4.69, 9.17) is 11.6 Å². The van der Waals surface area contributed by atoms with Crippen LogP contribution in [0, 0.1) is 5.82 Å². The standard InChI is InChI=1S/C15H14BrClFN/c1-2-15(10-4-3-5-11(16)6-10)19-14-8-12(17)7-13(18)9-14/h3-9,15,19H,2H2,1H3. The number of anilines is 1. The van der Waals surface area contributed by atoms with Crippen molar-refractivity contribution in [2.45, 2.75) is 19.4 Å². The van der Waals surface area contributed by atoms with Gasteiger partial charge in [0.15, 0.2) is 0 Å². The van der Waals surface area contributed by atoms with Crippen LogP contribution in [-0.2, 0) is 0 Å². The second-order valence-corrected chi connectivity index (χ2v) is 5.67. The minimum atomic E-state index is -0.334. The highest BCUT2D eigenvalue weighted by Crippen LogP contribution is 2.26. The maximum absolute atomic E-state index is 13.3. The third-order valence-electron chi connectivity index (χ3n) is 2.86. The van der Waals surface area contributed by atoms with Crippen molar-refractivity contribution < 1.29 is 4.39 Å². The Morgan fingerprint density at radius 2 is 2.05 bits per heavy atom. The lowest BCUT2D eigenvalue weighted by atomic mass is 10.0. The third-order valence-corrected chi connectivity index (χ3v) is 3.57. The average molecular weight is 343 g/mol. The molecule has 4 heteroatoms. The topological polar surface area (TPSA) is 12.0 Å². The van der Waals surface area contributed by atoms with Crippen molar-refractivity contribution in [2.75, 3.05) is 5.32 Å². The Balaban J connectivity index is 2.23. The number of hydrogen-bond donors (Lipinski definition) is 1. The van der Waals surface area contributed by atoms with Gasteiger partial charge in [-0.05, 0) is 42.3 Å². The predicted octanol–water partition coefficient (Wildman–Crippen LogP) is 5.80. The van der Waals surface area contributed by atoms with Gasteiger partial charge in [0.25, 0.3) is 0 Å². The first-order valence-electron chi connectivity index (χ1n) is 6.06. The first-order chi connectivity index (χ1) is 9.08. The van der Waals surface area contributed by atoms with E-state index in [1.165, 1.54) is 12.1 Å². The fourth-order valence-electron chi connectivity index (χ4n) is 1.98. The molecule has 0 aliphatic rings. The van der Waals surface area contributed by atoms with Gasteiger partial charge < -0.3 is 5.32 Å². The van der Waals surface area contributed by atoms with Crippen molar-refractivity contribution in [1.82, 2.24) is 0 Å². The molecule has 0 radical (unpaired) electrons. The molecule has 0 spiro atoms. The van der Waals surface area contributed by atoms with Crippen molar-refractivity contribution in [1.29, 1.82) is 0 Å². The number of halogens is 3. The summed E-state index contributed by atoms with van der Waals surface area (Å²) >= 11 is 9.32. The minimum absolute atomic E-state index is 0.121. The zero-order valence-corrected chi connectivity index (χ0v) is 12.8. The Bertz CT molecular complexity index is 554. The Morgan fingerprint density at radius 1 is 1.26 bits per heavy atom. The fourth-order valence-corrected chi connectivity index (χ4v) is 2.62. The molecule has 0 amide bonds. The van der Waals surface area contributed by atoms with Crippen molar-refractivity contribution in [3.8, 4) is 0 Å². The molecule has 2 rings (SSSR count). The molecule has 1 unspecified atom stereocenters. The fraction of sp³-hybridized carbons (Fsp3) is 0.200. The maximum Gasteiger partial charge on any atom is 0.126 e. The van der Waals surface area contributed by atoms with E-state index in [1.807, 2.05) is 18.2 Å². The molecule has 0 fully saturated rings. The molecule has 1 nitrogen and oxygen atoms in total. The summed E-state index contributed by atoms with van der Waals surface area (Å²) in [5.41, 5.74) is 1.84. The summed E-state index contributed by atoms with van der Waals surface area (Å²) in [6.07, 6.45) is 0.893. The van der Waals surface area contributed by atoms with Crippen LogP contribution in [0.4, 0.5) is 10.1 Å². The van der Waals surface area contributed by atoms with E-state index in [0.717, 1.165) is 16.5 Å². The molecule has 2 aromatic carbocycles. The second-order valence-electron chi connectivity index (χ2n) is 4.32. The van der Waals surface area contributed by atoms with Gasteiger partial charge in [-0.3, -0.25) is 0 Å². The first kappa shape index (κ1) is 14.4. The summed E-state index contributed by atoms with van der Waals surface area (Å²) in [5.74, 6) is -0.334. The van der Waals surface area contributed by atoms with E-state index in [2.05, 4.69) is 34.2 Å². The molecular weight excluding hydrogens is 329 g/mol. The van der Waals surface area contributed by atoms with Crippen molar-refractivity contribution in [2.24, 2.45) is 0 Å². The Kier molecular flexibility index (Phi) is 4.83. The molecule has 1 atom stereocenters. The van der Waals surface area contributed by atoms with Crippen molar-refractivity contribution in [3.05, 3.63) is 63.3 Å². The molecule has 0 saturated carbocycles. The molecule has 1 N–H and O–H groups in total. The highest BCUT2D eigenvalue weighted by molar-refractivity contribution is 9.10. The molecule has 0 saturated heterocycles. The van der Waals surface area contributed by atoms with Gasteiger partial charge in [-0.2, -0.15) is 0 Å². The molecule has 0 aromatic heterocycles. The summed E-state index contributed by atoms with van der Waals surface area (Å²) in [6.45, 7) is 2.08. The average Bonchev–Trinajstić information content (AvgIpc) is 2.34. The van der Waals surface area contributed by atoms with E-state index < -0.39 is 0 Å². The largest absolute Gasteiger partial charge is 0.378 e. The van der Waals surface area contributed by atoms with Crippen molar-refractivity contribution >= 4 is 33.2 Å². The van der Waals surface area contributed by atoms with E-state index in [9.17, 15) is 4.39 Å². The Labute approximate surface area is 125 Å². The highest BCUT2D eigenvalue weighted by atomic mass is 79.9. The molecule has 0 aliphatic carbocycles. The summed E-state index contributed by atoms with van der Waals surface area (Å²) in [7, 11) is 0. The van der Waals surface area contributed by atoms with Gasteiger partial charge in [0.05, 0.1) is 6.04 Å². The van der Waals surface area contributed by atoms with Crippen LogP contribution in [0.15, 0.2) is 46.9 Å². The zero-order valence-electron chi connectivity index (χ0n) is 10.5. The van der Waals surface area contributed by atoms with E-state index in [0.29, 0.717) is 10.7 Å². The van der Waals surface area contributed by atoms with Gasteiger partial charge in [0.1, 0.15) is 5.82 Å². The quantitative estimate of drug-likeness (QED) is 0.740. The van der Waals surface area contributed by atoms with Crippen LogP contribution in [0.3, 0.4) is 0 Å². The lowest BCUT2D eigenvalue weighted by molar-refractivity contribution is 0.627. The van der Waals surface area contributed by atoms with Gasteiger partial charge in [-0.25, -0.2) is 4.39 Å². The van der Waals surface area contributed by atoms with Crippen molar-refractivity contribution in [3.63, 3.8) is 0 Å². The molecule has 0 bridgehead atoms. The SMILES string of the molecule is CCC(Nc1cc(F)cc(Cl)c1)c1cccc(Br)c1. The zero-order chi connectivity index (χ0) is 13.8. The maximum atomic E-state index is 13.3. The van der Waals surface area contributed by atoms with Gasteiger partial charge in [-0.1, -0.05) is 46.6 Å². The number of nitrogens with one attached hydrogen (secondary N) is 1. The molecular formula is C15H14BrClFN. The number of hydrogen-bond acceptors (Lipinski definition) is 1. The third kappa shape index (κ3) is 3.95.